The Hall–Kier alpha value is -2.30. The molecule has 0 bridgehead atoms. The molecule has 0 saturated carbocycles. The first-order chi connectivity index (χ1) is 12.8. The van der Waals surface area contributed by atoms with E-state index in [1.807, 2.05) is 20.8 Å². The van der Waals surface area contributed by atoms with Crippen molar-refractivity contribution in [3.05, 3.63) is 18.1 Å². The summed E-state index contributed by atoms with van der Waals surface area (Å²) in [5.41, 5.74) is 4.64. The number of hydrogen-bond donors (Lipinski definition) is 2. The highest BCUT2D eigenvalue weighted by molar-refractivity contribution is 7.91. The van der Waals surface area contributed by atoms with Gasteiger partial charge in [0.05, 0.1) is 24.0 Å². The van der Waals surface area contributed by atoms with Crippen molar-refractivity contribution in [2.45, 2.75) is 52.5 Å². The van der Waals surface area contributed by atoms with Crippen LogP contribution in [0, 0.1) is 12.3 Å². The van der Waals surface area contributed by atoms with E-state index in [0.717, 1.165) is 6.42 Å². The second-order valence-electron chi connectivity index (χ2n) is 7.59. The second kappa shape index (κ2) is 9.26. The molecule has 0 fully saturated rings. The third-order valence-corrected chi connectivity index (χ3v) is 5.54. The summed E-state index contributed by atoms with van der Waals surface area (Å²) in [5, 5.41) is 6.20. The van der Waals surface area contributed by atoms with Crippen LogP contribution in [0.25, 0.3) is 0 Å². The molecular weight excluding hydrogens is 388 g/mol. The third kappa shape index (κ3) is 7.02. The zero-order chi connectivity index (χ0) is 21.7. The maximum absolute atomic E-state index is 12.5. The average molecular weight is 415 g/mol. The minimum absolute atomic E-state index is 0.222. The van der Waals surface area contributed by atoms with Crippen LogP contribution in [-0.2, 0) is 24.8 Å². The molecule has 1 radical (unpaired) electrons. The molecule has 2 amide bonds. The van der Waals surface area contributed by atoms with Crippen LogP contribution >= 0.6 is 0 Å². The maximum Gasteiger partial charge on any atom is 0.296 e. The highest BCUT2D eigenvalue weighted by atomic mass is 32.2. The van der Waals surface area contributed by atoms with E-state index in [0.29, 0.717) is 5.82 Å². The van der Waals surface area contributed by atoms with E-state index in [-0.39, 0.29) is 12.3 Å². The minimum Gasteiger partial charge on any atom is -0.369 e. The fraction of sp³-hybridized carbons (Fsp3) is 0.647. The van der Waals surface area contributed by atoms with E-state index in [9.17, 15) is 22.8 Å². The molecule has 0 saturated heterocycles. The highest BCUT2D eigenvalue weighted by Crippen LogP contribution is 2.19. The molecule has 1 aromatic heterocycles. The zero-order valence-electron chi connectivity index (χ0n) is 16.7. The molecule has 0 spiro atoms. The Morgan fingerprint density at radius 2 is 1.89 bits per heavy atom. The number of aromatic nitrogens is 2. The number of nitrogens with zero attached hydrogens (tertiary/aromatic N) is 2. The smallest absolute Gasteiger partial charge is 0.296 e. The van der Waals surface area contributed by atoms with Gasteiger partial charge in [0, 0.05) is 11.3 Å². The fourth-order valence-electron chi connectivity index (χ4n) is 2.09. The van der Waals surface area contributed by atoms with Gasteiger partial charge >= 0.3 is 0 Å². The molecule has 157 valence electrons. The first-order valence-electron chi connectivity index (χ1n) is 8.78. The van der Waals surface area contributed by atoms with Gasteiger partial charge in [-0.1, -0.05) is 39.8 Å². The van der Waals surface area contributed by atoms with Crippen LogP contribution in [0.2, 0.25) is 0 Å². The van der Waals surface area contributed by atoms with Gasteiger partial charge in [-0.15, -0.1) is 0 Å². The normalized spacial score (nSPS) is 14.3. The predicted octanol–water partition coefficient (Wildman–Crippen LogP) is 0.185. The van der Waals surface area contributed by atoms with Crippen molar-refractivity contribution in [3.63, 3.8) is 0 Å². The van der Waals surface area contributed by atoms with E-state index < -0.39 is 56.3 Å². The summed E-state index contributed by atoms with van der Waals surface area (Å²) in [6, 6.07) is -0.940. The summed E-state index contributed by atoms with van der Waals surface area (Å²) in [6.07, 6.45) is 1.16. The van der Waals surface area contributed by atoms with E-state index >= 15 is 0 Å². The van der Waals surface area contributed by atoms with Gasteiger partial charge in [0.1, 0.15) is 0 Å². The Labute approximate surface area is 164 Å². The number of carbonyl (C=O) groups is 3. The largest absolute Gasteiger partial charge is 0.369 e. The Kier molecular flexibility index (Phi) is 7.85. The molecule has 28 heavy (non-hydrogen) atoms. The summed E-state index contributed by atoms with van der Waals surface area (Å²) in [5.74, 6) is -3.78. The van der Waals surface area contributed by atoms with Crippen LogP contribution in [0.3, 0.4) is 0 Å². The summed E-state index contributed by atoms with van der Waals surface area (Å²) in [6.45, 7) is 8.65. The van der Waals surface area contributed by atoms with E-state index in [4.69, 9.17) is 10.3 Å². The monoisotopic (exact) mass is 415 g/mol. The van der Waals surface area contributed by atoms with Gasteiger partial charge < -0.3 is 15.6 Å². The molecule has 1 rings (SSSR count). The molecular formula is C17H27N4O6S. The topological polar surface area (TPSA) is 162 Å². The lowest BCUT2D eigenvalue weighted by Crippen LogP contribution is -2.41. The number of amides is 2. The highest BCUT2D eigenvalue weighted by Gasteiger charge is 2.29. The van der Waals surface area contributed by atoms with Crippen LogP contribution in [0.15, 0.2) is 4.52 Å². The lowest BCUT2D eigenvalue weighted by molar-refractivity contribution is -0.120. The Morgan fingerprint density at radius 3 is 2.36 bits per heavy atom. The van der Waals surface area contributed by atoms with Crippen molar-refractivity contribution >= 4 is 27.4 Å². The standard InChI is InChI=1S/C17H27N4O6S/c1-6-11(13(23)15-20-16(21-27-15)17(3,4)5)19-12(22)7-8-28(25,26)9-10(2)14(18)24/h7,10-11H,6,8-9H2,1-5H3,(H2,18,24)(H,19,22). The van der Waals surface area contributed by atoms with Crippen LogP contribution in [0.5, 0.6) is 0 Å². The predicted molar refractivity (Wildman–Crippen MR) is 101 cm³/mol. The molecule has 11 heteroatoms. The van der Waals surface area contributed by atoms with Gasteiger partial charge in [-0.3, -0.25) is 14.4 Å². The molecule has 2 atom stereocenters. The number of nitrogens with two attached hydrogens (primary N) is 1. The summed E-state index contributed by atoms with van der Waals surface area (Å²) in [4.78, 5) is 39.6. The lowest BCUT2D eigenvalue weighted by atomic mass is 9.96. The molecule has 1 heterocycles. The van der Waals surface area contributed by atoms with Crippen LogP contribution < -0.4 is 11.1 Å². The van der Waals surface area contributed by atoms with E-state index in [1.165, 1.54) is 6.92 Å². The molecule has 3 N–H and O–H groups in total. The van der Waals surface area contributed by atoms with Gasteiger partial charge in [-0.2, -0.15) is 4.98 Å². The van der Waals surface area contributed by atoms with Crippen molar-refractivity contribution < 1.29 is 27.3 Å². The van der Waals surface area contributed by atoms with Gasteiger partial charge in [0.2, 0.25) is 17.6 Å². The van der Waals surface area contributed by atoms with Crippen molar-refractivity contribution in [1.82, 2.24) is 15.5 Å². The lowest BCUT2D eigenvalue weighted by Gasteiger charge is -2.14. The molecule has 0 aliphatic carbocycles. The number of ketones is 1. The van der Waals surface area contributed by atoms with Gasteiger partial charge in [-0.05, 0) is 6.42 Å². The molecule has 0 aromatic carbocycles. The van der Waals surface area contributed by atoms with E-state index in [1.54, 1.807) is 6.92 Å². The van der Waals surface area contributed by atoms with Crippen molar-refractivity contribution in [2.24, 2.45) is 11.7 Å². The first-order valence-corrected chi connectivity index (χ1v) is 10.6. The SMILES string of the molecule is CCC(NC(=O)[CH]CS(=O)(=O)CC(C)C(N)=O)C(=O)c1nc(C(C)(C)C)no1. The zero-order valence-corrected chi connectivity index (χ0v) is 17.5. The molecule has 2 unspecified atom stereocenters. The second-order valence-corrected chi connectivity index (χ2v) is 9.75. The Bertz CT molecular complexity index is 825. The molecule has 0 aliphatic rings. The number of sulfone groups is 1. The van der Waals surface area contributed by atoms with Crippen LogP contribution in [-0.4, -0.2) is 53.7 Å². The van der Waals surface area contributed by atoms with Crippen LogP contribution in [0.4, 0.5) is 0 Å². The fourth-order valence-corrected chi connectivity index (χ4v) is 3.56. The van der Waals surface area contributed by atoms with Crippen molar-refractivity contribution in [2.75, 3.05) is 11.5 Å². The number of hydrogen-bond acceptors (Lipinski definition) is 8. The summed E-state index contributed by atoms with van der Waals surface area (Å²) in [7, 11) is -3.69. The first kappa shape index (κ1) is 23.7. The van der Waals surface area contributed by atoms with Crippen LogP contribution in [0.1, 0.15) is 57.5 Å². The van der Waals surface area contributed by atoms with Gasteiger partial charge in [0.25, 0.3) is 5.89 Å². The van der Waals surface area contributed by atoms with Crippen molar-refractivity contribution in [3.8, 4) is 0 Å². The number of Topliss-reactive ketones (excluding diaryl/α,β-unsaturated/α-hetero) is 1. The van der Waals surface area contributed by atoms with E-state index in [2.05, 4.69) is 15.5 Å². The molecule has 0 aliphatic heterocycles. The summed E-state index contributed by atoms with van der Waals surface area (Å²) < 4.78 is 28.9. The van der Waals surface area contributed by atoms with Gasteiger partial charge in [0.15, 0.2) is 15.7 Å². The van der Waals surface area contributed by atoms with Gasteiger partial charge in [-0.25, -0.2) is 8.42 Å². The number of carbonyl (C=O) groups excluding carboxylic acids is 3. The maximum atomic E-state index is 12.5. The number of rotatable bonds is 10. The third-order valence-electron chi connectivity index (χ3n) is 3.86. The summed E-state index contributed by atoms with van der Waals surface area (Å²) >= 11 is 0. The quantitative estimate of drug-likeness (QED) is 0.511. The number of nitrogens with one attached hydrogen (secondary N) is 1. The molecule has 10 nitrogen and oxygen atoms in total. The van der Waals surface area contributed by atoms with Crippen molar-refractivity contribution in [1.29, 1.82) is 0 Å². The average Bonchev–Trinajstić information content (AvgIpc) is 3.07. The minimum atomic E-state index is -3.69. The Balaban J connectivity index is 2.69. The Morgan fingerprint density at radius 1 is 1.29 bits per heavy atom. The number of primary amides is 1. The molecule has 1 aromatic rings.